The summed E-state index contributed by atoms with van der Waals surface area (Å²) in [6, 6.07) is 5.60. The van der Waals surface area contributed by atoms with E-state index >= 15 is 0 Å². The van der Waals surface area contributed by atoms with E-state index in [2.05, 4.69) is 15.9 Å². The Balaban J connectivity index is 2.18. The van der Waals surface area contributed by atoms with E-state index in [1.807, 2.05) is 18.2 Å². The minimum Gasteiger partial charge on any atom is -0.495 e. The predicted octanol–water partition coefficient (Wildman–Crippen LogP) is 3.09. The fourth-order valence-corrected chi connectivity index (χ4v) is 3.52. The summed E-state index contributed by atoms with van der Waals surface area (Å²) in [5, 5.41) is 0.0920. The number of methoxy groups -OCH3 is 1. The third-order valence-corrected chi connectivity index (χ3v) is 4.85. The summed E-state index contributed by atoms with van der Waals surface area (Å²) in [6.07, 6.45) is 0.477. The molecule has 1 heterocycles. The average molecular weight is 358 g/mol. The van der Waals surface area contributed by atoms with Crippen molar-refractivity contribution in [2.75, 3.05) is 24.3 Å². The number of hydrogen-bond acceptors (Lipinski definition) is 4. The molecule has 0 bridgehead atoms. The number of carbonyl (C=O) groups is 2. The van der Waals surface area contributed by atoms with Crippen LogP contribution in [0, 0.1) is 5.92 Å². The van der Waals surface area contributed by atoms with Gasteiger partial charge in [-0.2, -0.15) is 0 Å². The van der Waals surface area contributed by atoms with Gasteiger partial charge in [0.2, 0.25) is 5.91 Å². The molecule has 108 valence electrons. The Morgan fingerprint density at radius 3 is 2.95 bits per heavy atom. The molecule has 1 aliphatic rings. The normalized spacial score (nSPS) is 18.4. The highest BCUT2D eigenvalue weighted by molar-refractivity contribution is 9.10. The number of halogens is 1. The van der Waals surface area contributed by atoms with Crippen molar-refractivity contribution >= 4 is 44.4 Å². The van der Waals surface area contributed by atoms with Gasteiger partial charge in [-0.05, 0) is 34.0 Å². The summed E-state index contributed by atoms with van der Waals surface area (Å²) in [5.41, 5.74) is 0.773. The molecule has 2 rings (SSSR count). The van der Waals surface area contributed by atoms with Gasteiger partial charge >= 0.3 is 0 Å². The molecule has 1 saturated heterocycles. The molecule has 0 aromatic heterocycles. The molecule has 1 amide bonds. The van der Waals surface area contributed by atoms with Crippen molar-refractivity contribution in [1.29, 1.82) is 0 Å². The van der Waals surface area contributed by atoms with Gasteiger partial charge < -0.3 is 9.64 Å². The standard InChI is InChI=1S/C14H16BrNO3S/c1-9(17)20-8-10-6-13(18)16(7-10)14-11(15)4-3-5-12(14)19-2/h3-5,10H,6-8H2,1-2H3. The molecule has 0 radical (unpaired) electrons. The highest BCUT2D eigenvalue weighted by Gasteiger charge is 2.33. The summed E-state index contributed by atoms with van der Waals surface area (Å²) in [6.45, 7) is 2.17. The van der Waals surface area contributed by atoms with Gasteiger partial charge in [0.15, 0.2) is 5.12 Å². The average Bonchev–Trinajstić information content (AvgIpc) is 2.77. The second-order valence-corrected chi connectivity index (χ2v) is 6.72. The van der Waals surface area contributed by atoms with Gasteiger partial charge in [0, 0.05) is 30.1 Å². The van der Waals surface area contributed by atoms with E-state index in [0.717, 1.165) is 10.2 Å². The lowest BCUT2D eigenvalue weighted by atomic mass is 10.1. The zero-order valence-corrected chi connectivity index (χ0v) is 13.8. The minimum atomic E-state index is 0.0735. The molecule has 1 atom stereocenters. The summed E-state index contributed by atoms with van der Waals surface area (Å²) in [4.78, 5) is 25.0. The van der Waals surface area contributed by atoms with Crippen molar-refractivity contribution in [1.82, 2.24) is 0 Å². The van der Waals surface area contributed by atoms with Gasteiger partial charge in [-0.3, -0.25) is 9.59 Å². The molecule has 1 aromatic carbocycles. The van der Waals surface area contributed by atoms with E-state index in [4.69, 9.17) is 4.74 Å². The predicted molar refractivity (Wildman–Crippen MR) is 84.3 cm³/mol. The molecule has 0 saturated carbocycles. The molecule has 4 nitrogen and oxygen atoms in total. The highest BCUT2D eigenvalue weighted by Crippen LogP contribution is 2.39. The fourth-order valence-electron chi connectivity index (χ4n) is 2.27. The molecule has 0 spiro atoms. The smallest absolute Gasteiger partial charge is 0.227 e. The SMILES string of the molecule is COc1cccc(Br)c1N1CC(CSC(C)=O)CC1=O. The zero-order valence-electron chi connectivity index (χ0n) is 11.4. The van der Waals surface area contributed by atoms with Crippen LogP contribution >= 0.6 is 27.7 Å². The Kier molecular flexibility index (Phi) is 5.10. The summed E-state index contributed by atoms with van der Waals surface area (Å²) < 4.78 is 6.18. The topological polar surface area (TPSA) is 46.6 Å². The van der Waals surface area contributed by atoms with Crippen LogP contribution in [-0.2, 0) is 9.59 Å². The number of nitrogens with zero attached hydrogens (tertiary/aromatic N) is 1. The van der Waals surface area contributed by atoms with Gasteiger partial charge in [0.05, 0.1) is 7.11 Å². The van der Waals surface area contributed by atoms with Crippen molar-refractivity contribution in [2.45, 2.75) is 13.3 Å². The first kappa shape index (κ1) is 15.4. The Labute approximate surface area is 131 Å². The lowest BCUT2D eigenvalue weighted by Crippen LogP contribution is -2.25. The minimum absolute atomic E-state index is 0.0735. The first-order valence-corrected chi connectivity index (χ1v) is 8.07. The molecule has 1 unspecified atom stereocenters. The van der Waals surface area contributed by atoms with Gasteiger partial charge in [-0.1, -0.05) is 17.8 Å². The van der Waals surface area contributed by atoms with Crippen LogP contribution < -0.4 is 9.64 Å². The van der Waals surface area contributed by atoms with Crippen molar-refractivity contribution in [3.8, 4) is 5.75 Å². The van der Waals surface area contributed by atoms with Gasteiger partial charge in [-0.25, -0.2) is 0 Å². The molecule has 0 N–H and O–H groups in total. The van der Waals surface area contributed by atoms with Crippen LogP contribution in [0.5, 0.6) is 5.75 Å². The maximum absolute atomic E-state index is 12.2. The third-order valence-electron chi connectivity index (χ3n) is 3.17. The van der Waals surface area contributed by atoms with Crippen LogP contribution in [0.3, 0.4) is 0 Å². The van der Waals surface area contributed by atoms with E-state index in [0.29, 0.717) is 24.5 Å². The van der Waals surface area contributed by atoms with Crippen LogP contribution in [0.15, 0.2) is 22.7 Å². The van der Waals surface area contributed by atoms with Crippen molar-refractivity contribution in [2.24, 2.45) is 5.92 Å². The largest absolute Gasteiger partial charge is 0.495 e. The van der Waals surface area contributed by atoms with Crippen LogP contribution in [0.1, 0.15) is 13.3 Å². The highest BCUT2D eigenvalue weighted by atomic mass is 79.9. The van der Waals surface area contributed by atoms with Gasteiger partial charge in [-0.15, -0.1) is 0 Å². The number of ether oxygens (including phenoxy) is 1. The third kappa shape index (κ3) is 3.35. The molecule has 6 heteroatoms. The summed E-state index contributed by atoms with van der Waals surface area (Å²) in [5.74, 6) is 1.63. The van der Waals surface area contributed by atoms with Crippen LogP contribution in [0.2, 0.25) is 0 Å². The maximum atomic E-state index is 12.2. The van der Waals surface area contributed by atoms with E-state index in [9.17, 15) is 9.59 Å². The quantitative estimate of drug-likeness (QED) is 0.830. The lowest BCUT2D eigenvalue weighted by molar-refractivity contribution is -0.117. The summed E-state index contributed by atoms with van der Waals surface area (Å²) >= 11 is 4.76. The van der Waals surface area contributed by atoms with E-state index in [-0.39, 0.29) is 16.9 Å². The Morgan fingerprint density at radius 2 is 2.30 bits per heavy atom. The first-order valence-electron chi connectivity index (χ1n) is 6.29. The monoisotopic (exact) mass is 357 g/mol. The molecular formula is C14H16BrNO3S. The number of rotatable bonds is 4. The van der Waals surface area contributed by atoms with Crippen molar-refractivity contribution < 1.29 is 14.3 Å². The van der Waals surface area contributed by atoms with E-state index < -0.39 is 0 Å². The molecular weight excluding hydrogens is 342 g/mol. The van der Waals surface area contributed by atoms with Crippen molar-refractivity contribution in [3.05, 3.63) is 22.7 Å². The van der Waals surface area contributed by atoms with E-state index in [1.165, 1.54) is 11.8 Å². The lowest BCUT2D eigenvalue weighted by Gasteiger charge is -2.21. The van der Waals surface area contributed by atoms with Crippen LogP contribution in [-0.4, -0.2) is 30.4 Å². The second kappa shape index (κ2) is 6.63. The number of carbonyl (C=O) groups excluding carboxylic acids is 2. The molecule has 0 aliphatic carbocycles. The van der Waals surface area contributed by atoms with E-state index in [1.54, 1.807) is 18.9 Å². The number of benzene rings is 1. The summed E-state index contributed by atoms with van der Waals surface area (Å²) in [7, 11) is 1.59. The molecule has 1 aromatic rings. The Bertz CT molecular complexity index is 535. The zero-order chi connectivity index (χ0) is 14.7. The fraction of sp³-hybridized carbons (Fsp3) is 0.429. The Hall–Kier alpha value is -1.01. The second-order valence-electron chi connectivity index (χ2n) is 4.67. The number of amides is 1. The number of hydrogen-bond donors (Lipinski definition) is 0. The maximum Gasteiger partial charge on any atom is 0.227 e. The number of anilines is 1. The first-order chi connectivity index (χ1) is 9.52. The number of thioether (sulfide) groups is 1. The van der Waals surface area contributed by atoms with Crippen molar-refractivity contribution in [3.63, 3.8) is 0 Å². The van der Waals surface area contributed by atoms with Gasteiger partial charge in [0.25, 0.3) is 0 Å². The molecule has 1 aliphatic heterocycles. The van der Waals surface area contributed by atoms with Crippen LogP contribution in [0.25, 0.3) is 0 Å². The molecule has 20 heavy (non-hydrogen) atoms. The Morgan fingerprint density at radius 1 is 1.55 bits per heavy atom. The molecule has 1 fully saturated rings. The van der Waals surface area contributed by atoms with Gasteiger partial charge in [0.1, 0.15) is 11.4 Å². The van der Waals surface area contributed by atoms with Crippen LogP contribution in [0.4, 0.5) is 5.69 Å². The number of para-hydroxylation sites is 1.